The molecule has 0 atom stereocenters. The average molecular weight is 300 g/mol. The predicted molar refractivity (Wildman–Crippen MR) is 91.2 cm³/mol. The van der Waals surface area contributed by atoms with E-state index in [1.165, 1.54) is 62.5 Å². The van der Waals surface area contributed by atoms with Gasteiger partial charge < -0.3 is 10.6 Å². The molecule has 22 heavy (non-hydrogen) atoms. The fourth-order valence-corrected chi connectivity index (χ4v) is 3.83. The fourth-order valence-electron chi connectivity index (χ4n) is 3.83. The molecule has 0 unspecified atom stereocenters. The summed E-state index contributed by atoms with van der Waals surface area (Å²) in [6.07, 6.45) is 11.5. The minimum Gasteiger partial charge on any atom is -0.376 e. The molecule has 3 rings (SSSR count). The minimum absolute atomic E-state index is 0.124. The number of carbonyl (C=O) groups is 1. The number of amides is 1. The first kappa shape index (κ1) is 15.4. The molecule has 1 aromatic carbocycles. The van der Waals surface area contributed by atoms with Crippen molar-refractivity contribution in [2.24, 2.45) is 5.92 Å². The van der Waals surface area contributed by atoms with Gasteiger partial charge in [-0.2, -0.15) is 0 Å². The summed E-state index contributed by atoms with van der Waals surface area (Å²) in [5, 5.41) is 6.45. The standard InChI is InChI=1S/C19H28N2O/c22-19(21-13-15-7-2-1-3-8-15)14-20-18-12-6-10-16-9-4-5-11-17(16)18/h6,10,12,15,20H,1-5,7-9,11,13-14H2,(H,21,22). The lowest BCUT2D eigenvalue weighted by Gasteiger charge is -2.22. The molecule has 2 aliphatic rings. The Kier molecular flexibility index (Phi) is 5.36. The van der Waals surface area contributed by atoms with E-state index < -0.39 is 0 Å². The molecular weight excluding hydrogens is 272 g/mol. The summed E-state index contributed by atoms with van der Waals surface area (Å²) >= 11 is 0. The third-order valence-corrected chi connectivity index (χ3v) is 5.15. The van der Waals surface area contributed by atoms with Crippen molar-refractivity contribution in [2.45, 2.75) is 57.8 Å². The van der Waals surface area contributed by atoms with Crippen LogP contribution in [0.15, 0.2) is 18.2 Å². The van der Waals surface area contributed by atoms with E-state index in [2.05, 4.69) is 28.8 Å². The van der Waals surface area contributed by atoms with Gasteiger partial charge in [-0.15, -0.1) is 0 Å². The molecule has 3 heteroatoms. The van der Waals surface area contributed by atoms with Gasteiger partial charge >= 0.3 is 0 Å². The molecule has 0 radical (unpaired) electrons. The van der Waals surface area contributed by atoms with Gasteiger partial charge in [-0.1, -0.05) is 31.4 Å². The van der Waals surface area contributed by atoms with E-state index in [0.717, 1.165) is 18.7 Å². The first-order valence-electron chi connectivity index (χ1n) is 8.94. The molecule has 1 aromatic rings. The Labute approximate surface area is 133 Å². The lowest BCUT2D eigenvalue weighted by molar-refractivity contribution is -0.119. The van der Waals surface area contributed by atoms with Crippen LogP contribution in [0.3, 0.4) is 0 Å². The van der Waals surface area contributed by atoms with E-state index in [1.54, 1.807) is 0 Å². The van der Waals surface area contributed by atoms with Crippen molar-refractivity contribution in [1.82, 2.24) is 5.32 Å². The number of carbonyl (C=O) groups excluding carboxylic acids is 1. The predicted octanol–water partition coefficient (Wildman–Crippen LogP) is 3.67. The van der Waals surface area contributed by atoms with Crippen LogP contribution in [0.2, 0.25) is 0 Å². The molecule has 2 N–H and O–H groups in total. The smallest absolute Gasteiger partial charge is 0.239 e. The van der Waals surface area contributed by atoms with Crippen molar-refractivity contribution >= 4 is 11.6 Å². The highest BCUT2D eigenvalue weighted by molar-refractivity contribution is 5.81. The number of benzene rings is 1. The first-order chi connectivity index (χ1) is 10.8. The number of anilines is 1. The molecule has 0 saturated heterocycles. The Morgan fingerprint density at radius 2 is 1.86 bits per heavy atom. The van der Waals surface area contributed by atoms with Gasteiger partial charge in [0.1, 0.15) is 0 Å². The molecule has 2 aliphatic carbocycles. The number of fused-ring (bicyclic) bond motifs is 1. The molecular formula is C19H28N2O. The van der Waals surface area contributed by atoms with Crippen LogP contribution in [-0.2, 0) is 17.6 Å². The van der Waals surface area contributed by atoms with Crippen LogP contribution in [0.25, 0.3) is 0 Å². The Bertz CT molecular complexity index is 506. The third-order valence-electron chi connectivity index (χ3n) is 5.15. The fraction of sp³-hybridized carbons (Fsp3) is 0.632. The van der Waals surface area contributed by atoms with Crippen molar-refractivity contribution < 1.29 is 4.79 Å². The van der Waals surface area contributed by atoms with Gasteiger partial charge in [0, 0.05) is 12.2 Å². The second-order valence-electron chi connectivity index (χ2n) is 6.81. The number of aryl methyl sites for hydroxylation is 1. The first-order valence-corrected chi connectivity index (χ1v) is 8.94. The molecule has 0 aromatic heterocycles. The summed E-state index contributed by atoms with van der Waals surface area (Å²) in [5.41, 5.74) is 4.04. The van der Waals surface area contributed by atoms with Crippen molar-refractivity contribution in [1.29, 1.82) is 0 Å². The molecule has 1 fully saturated rings. The van der Waals surface area contributed by atoms with E-state index in [1.807, 2.05) is 0 Å². The van der Waals surface area contributed by atoms with E-state index in [4.69, 9.17) is 0 Å². The van der Waals surface area contributed by atoms with Crippen LogP contribution in [0.5, 0.6) is 0 Å². The van der Waals surface area contributed by atoms with Crippen molar-refractivity contribution in [3.63, 3.8) is 0 Å². The maximum atomic E-state index is 12.1. The van der Waals surface area contributed by atoms with Gasteiger partial charge in [0.25, 0.3) is 0 Å². The van der Waals surface area contributed by atoms with E-state index in [-0.39, 0.29) is 5.91 Å². The van der Waals surface area contributed by atoms with E-state index in [0.29, 0.717) is 12.5 Å². The zero-order valence-corrected chi connectivity index (χ0v) is 13.5. The normalized spacial score (nSPS) is 18.5. The molecule has 1 amide bonds. The quantitative estimate of drug-likeness (QED) is 0.871. The van der Waals surface area contributed by atoms with Crippen LogP contribution in [0.1, 0.15) is 56.1 Å². The Morgan fingerprint density at radius 1 is 1.05 bits per heavy atom. The van der Waals surface area contributed by atoms with Gasteiger partial charge in [-0.05, 0) is 61.6 Å². The van der Waals surface area contributed by atoms with Gasteiger partial charge in [0.15, 0.2) is 0 Å². The largest absolute Gasteiger partial charge is 0.376 e. The number of hydrogen-bond acceptors (Lipinski definition) is 2. The highest BCUT2D eigenvalue weighted by Gasteiger charge is 2.15. The molecule has 3 nitrogen and oxygen atoms in total. The highest BCUT2D eigenvalue weighted by atomic mass is 16.1. The van der Waals surface area contributed by atoms with Crippen LogP contribution >= 0.6 is 0 Å². The summed E-state index contributed by atoms with van der Waals surface area (Å²) in [4.78, 5) is 12.1. The molecule has 0 heterocycles. The molecule has 1 saturated carbocycles. The third kappa shape index (κ3) is 4.02. The Morgan fingerprint density at radius 3 is 2.73 bits per heavy atom. The van der Waals surface area contributed by atoms with Gasteiger partial charge in [0.05, 0.1) is 6.54 Å². The van der Waals surface area contributed by atoms with Crippen LogP contribution < -0.4 is 10.6 Å². The topological polar surface area (TPSA) is 41.1 Å². The van der Waals surface area contributed by atoms with Crippen molar-refractivity contribution in [2.75, 3.05) is 18.4 Å². The van der Waals surface area contributed by atoms with Gasteiger partial charge in [-0.25, -0.2) is 0 Å². The molecule has 0 bridgehead atoms. The maximum absolute atomic E-state index is 12.1. The summed E-state index contributed by atoms with van der Waals surface area (Å²) in [7, 11) is 0. The molecule has 0 aliphatic heterocycles. The Balaban J connectivity index is 1.46. The van der Waals surface area contributed by atoms with Crippen molar-refractivity contribution in [3.05, 3.63) is 29.3 Å². The van der Waals surface area contributed by atoms with Gasteiger partial charge in [0.2, 0.25) is 5.91 Å². The maximum Gasteiger partial charge on any atom is 0.239 e. The SMILES string of the molecule is O=C(CNc1cccc2c1CCCC2)NCC1CCCCC1. The highest BCUT2D eigenvalue weighted by Crippen LogP contribution is 2.27. The van der Waals surface area contributed by atoms with Crippen LogP contribution in [0, 0.1) is 5.92 Å². The summed E-state index contributed by atoms with van der Waals surface area (Å²) < 4.78 is 0. The second kappa shape index (κ2) is 7.66. The number of hydrogen-bond donors (Lipinski definition) is 2. The van der Waals surface area contributed by atoms with Crippen LogP contribution in [-0.4, -0.2) is 19.0 Å². The van der Waals surface area contributed by atoms with E-state index >= 15 is 0 Å². The number of nitrogens with one attached hydrogen (secondary N) is 2. The Hall–Kier alpha value is -1.51. The zero-order valence-electron chi connectivity index (χ0n) is 13.5. The molecule has 0 spiro atoms. The van der Waals surface area contributed by atoms with Crippen LogP contribution in [0.4, 0.5) is 5.69 Å². The summed E-state index contributed by atoms with van der Waals surface area (Å²) in [6, 6.07) is 6.44. The van der Waals surface area contributed by atoms with Gasteiger partial charge in [-0.3, -0.25) is 4.79 Å². The van der Waals surface area contributed by atoms with E-state index in [9.17, 15) is 4.79 Å². The molecule has 120 valence electrons. The minimum atomic E-state index is 0.124. The summed E-state index contributed by atoms with van der Waals surface area (Å²) in [6.45, 7) is 1.25. The second-order valence-corrected chi connectivity index (χ2v) is 6.81. The monoisotopic (exact) mass is 300 g/mol. The summed E-state index contributed by atoms with van der Waals surface area (Å²) in [5.74, 6) is 0.821. The lowest BCUT2D eigenvalue weighted by atomic mass is 9.89. The average Bonchev–Trinajstić information content (AvgIpc) is 2.59. The lowest BCUT2D eigenvalue weighted by Crippen LogP contribution is -2.34. The van der Waals surface area contributed by atoms with Crippen molar-refractivity contribution in [3.8, 4) is 0 Å². The number of rotatable bonds is 5. The zero-order chi connectivity index (χ0) is 15.2.